The predicted octanol–water partition coefficient (Wildman–Crippen LogP) is 3.19. The summed E-state index contributed by atoms with van der Waals surface area (Å²) in [5, 5.41) is 12.0. The van der Waals surface area contributed by atoms with E-state index in [1.54, 1.807) is 43.2 Å². The molecule has 2 amide bonds. The summed E-state index contributed by atoms with van der Waals surface area (Å²) >= 11 is 0. The topological polar surface area (TPSA) is 125 Å². The molecular weight excluding hydrogens is 530 g/mol. The van der Waals surface area contributed by atoms with Crippen molar-refractivity contribution in [2.24, 2.45) is 0 Å². The number of ether oxygens (including phenoxy) is 1. The van der Waals surface area contributed by atoms with Crippen LogP contribution in [0.1, 0.15) is 42.5 Å². The van der Waals surface area contributed by atoms with E-state index in [1.807, 2.05) is 42.5 Å². The third-order valence-electron chi connectivity index (χ3n) is 6.34. The number of carbonyl (C=O) groups excluding carboxylic acids is 2. The number of hydrogen-bond acceptors (Lipinski definition) is 6. The number of carbonyl (C=O) groups is 2. The van der Waals surface area contributed by atoms with Crippen molar-refractivity contribution in [2.45, 2.75) is 43.7 Å². The first-order valence-electron chi connectivity index (χ1n) is 13.2. The number of sulfonamides is 1. The van der Waals surface area contributed by atoms with E-state index in [1.165, 1.54) is 12.1 Å². The van der Waals surface area contributed by atoms with E-state index in [9.17, 15) is 23.1 Å². The van der Waals surface area contributed by atoms with Crippen molar-refractivity contribution in [1.82, 2.24) is 14.9 Å². The highest BCUT2D eigenvalue weighted by atomic mass is 32.2. The smallest absolute Gasteiger partial charge is 0.247 e. The molecule has 0 saturated carbocycles. The molecule has 0 heterocycles. The number of benzene rings is 3. The number of aliphatic hydroxyl groups is 1. The van der Waals surface area contributed by atoms with Gasteiger partial charge in [0.2, 0.25) is 21.8 Å². The van der Waals surface area contributed by atoms with Crippen molar-refractivity contribution in [1.29, 1.82) is 0 Å². The Morgan fingerprint density at radius 2 is 1.60 bits per heavy atom. The molecule has 0 radical (unpaired) electrons. The maximum atomic E-state index is 13.8. The summed E-state index contributed by atoms with van der Waals surface area (Å²) in [6.07, 6.45) is 0.884. The van der Waals surface area contributed by atoms with Gasteiger partial charge in [0.15, 0.2) is 0 Å². The van der Waals surface area contributed by atoms with Gasteiger partial charge in [0.05, 0.1) is 12.0 Å². The quantitative estimate of drug-likeness (QED) is 0.242. The van der Waals surface area contributed by atoms with Gasteiger partial charge in [-0.3, -0.25) is 9.59 Å². The fourth-order valence-electron chi connectivity index (χ4n) is 4.25. The van der Waals surface area contributed by atoms with Gasteiger partial charge in [0.25, 0.3) is 0 Å². The average molecular weight is 568 g/mol. The second-order valence-corrected chi connectivity index (χ2v) is 11.0. The van der Waals surface area contributed by atoms with Crippen molar-refractivity contribution in [3.63, 3.8) is 0 Å². The standard InChI is InChI=1S/C30H37N3O6S/c1-3-32-40(37,38)27-17-12-23(13-18-27)14-19-28(35)33(22-24-10-15-26(39-2)16-11-24)29(25-8-5-4-6-9-25)30(36)31-20-7-21-34/h4-6,8-13,15-18,29,32,34H,3,7,14,19-22H2,1-2H3,(H,31,36). The first-order valence-corrected chi connectivity index (χ1v) is 14.7. The molecule has 3 aromatic rings. The lowest BCUT2D eigenvalue weighted by Gasteiger charge is -2.32. The third-order valence-corrected chi connectivity index (χ3v) is 7.90. The molecule has 3 aromatic carbocycles. The van der Waals surface area contributed by atoms with Gasteiger partial charge in [-0.2, -0.15) is 0 Å². The molecule has 40 heavy (non-hydrogen) atoms. The minimum atomic E-state index is -3.57. The largest absolute Gasteiger partial charge is 0.497 e. The summed E-state index contributed by atoms with van der Waals surface area (Å²) in [4.78, 5) is 29.0. The molecule has 9 nitrogen and oxygen atoms in total. The van der Waals surface area contributed by atoms with Gasteiger partial charge >= 0.3 is 0 Å². The molecule has 0 aliphatic rings. The molecule has 214 valence electrons. The van der Waals surface area contributed by atoms with E-state index in [2.05, 4.69) is 10.0 Å². The molecule has 1 atom stereocenters. The molecule has 3 rings (SSSR count). The van der Waals surface area contributed by atoms with E-state index in [0.29, 0.717) is 30.7 Å². The van der Waals surface area contributed by atoms with Gasteiger partial charge in [0.1, 0.15) is 11.8 Å². The van der Waals surface area contributed by atoms with Crippen molar-refractivity contribution in [3.8, 4) is 5.75 Å². The van der Waals surface area contributed by atoms with Crippen molar-refractivity contribution in [3.05, 3.63) is 95.6 Å². The maximum Gasteiger partial charge on any atom is 0.247 e. The fraction of sp³-hybridized carbons (Fsp3) is 0.333. The summed E-state index contributed by atoms with van der Waals surface area (Å²) in [7, 11) is -1.99. The van der Waals surface area contributed by atoms with Crippen LogP contribution >= 0.6 is 0 Å². The summed E-state index contributed by atoms with van der Waals surface area (Å²) < 4.78 is 32.2. The van der Waals surface area contributed by atoms with Gasteiger partial charge in [-0.05, 0) is 53.8 Å². The van der Waals surface area contributed by atoms with Crippen LogP contribution in [-0.2, 0) is 32.6 Å². The number of rotatable bonds is 15. The van der Waals surface area contributed by atoms with Crippen LogP contribution in [0.2, 0.25) is 0 Å². The highest BCUT2D eigenvalue weighted by Gasteiger charge is 2.31. The van der Waals surface area contributed by atoms with Crippen molar-refractivity contribution in [2.75, 3.05) is 26.8 Å². The summed E-state index contributed by atoms with van der Waals surface area (Å²) in [5.74, 6) is 0.119. The number of methoxy groups -OCH3 is 1. The van der Waals surface area contributed by atoms with Crippen LogP contribution in [-0.4, -0.2) is 57.0 Å². The Labute approximate surface area is 236 Å². The molecule has 0 saturated heterocycles. The van der Waals surface area contributed by atoms with Gasteiger partial charge < -0.3 is 20.1 Å². The molecule has 10 heteroatoms. The highest BCUT2D eigenvalue weighted by Crippen LogP contribution is 2.26. The van der Waals surface area contributed by atoms with Crippen LogP contribution < -0.4 is 14.8 Å². The van der Waals surface area contributed by atoms with E-state index in [-0.39, 0.29) is 42.8 Å². The Kier molecular flexibility index (Phi) is 11.7. The molecule has 0 spiro atoms. The predicted molar refractivity (Wildman–Crippen MR) is 153 cm³/mol. The van der Waals surface area contributed by atoms with Gasteiger partial charge in [-0.25, -0.2) is 13.1 Å². The lowest BCUT2D eigenvalue weighted by atomic mass is 10.0. The Balaban J connectivity index is 1.88. The molecule has 0 bridgehead atoms. The van der Waals surface area contributed by atoms with Gasteiger partial charge in [-0.15, -0.1) is 0 Å². The van der Waals surface area contributed by atoms with E-state index in [4.69, 9.17) is 4.74 Å². The number of amides is 2. The first kappa shape index (κ1) is 30.8. The highest BCUT2D eigenvalue weighted by molar-refractivity contribution is 7.89. The molecule has 1 unspecified atom stereocenters. The van der Waals surface area contributed by atoms with Gasteiger partial charge in [0, 0.05) is 32.7 Å². The monoisotopic (exact) mass is 567 g/mol. The van der Waals surface area contributed by atoms with Crippen LogP contribution in [0.25, 0.3) is 0 Å². The number of aliphatic hydroxyl groups excluding tert-OH is 1. The number of nitrogens with one attached hydrogen (secondary N) is 2. The maximum absolute atomic E-state index is 13.8. The number of nitrogens with zero attached hydrogens (tertiary/aromatic N) is 1. The fourth-order valence-corrected chi connectivity index (χ4v) is 5.29. The van der Waals surface area contributed by atoms with Crippen LogP contribution in [0.15, 0.2) is 83.8 Å². The Hall–Kier alpha value is -3.73. The molecular formula is C30H37N3O6S. The average Bonchev–Trinajstić information content (AvgIpc) is 2.97. The zero-order valence-corrected chi connectivity index (χ0v) is 23.7. The van der Waals surface area contributed by atoms with Crippen LogP contribution in [0, 0.1) is 0 Å². The minimum Gasteiger partial charge on any atom is -0.497 e. The Bertz CT molecular complexity index is 1330. The van der Waals surface area contributed by atoms with E-state index in [0.717, 1.165) is 11.1 Å². The molecule has 0 fully saturated rings. The summed E-state index contributed by atoms with van der Waals surface area (Å²) in [5.41, 5.74) is 2.30. The van der Waals surface area contributed by atoms with Crippen LogP contribution in [0.5, 0.6) is 5.75 Å². The first-order chi connectivity index (χ1) is 19.3. The van der Waals surface area contributed by atoms with Gasteiger partial charge in [-0.1, -0.05) is 61.5 Å². The molecule has 0 aliphatic carbocycles. The third kappa shape index (κ3) is 8.64. The second kappa shape index (κ2) is 15.2. The summed E-state index contributed by atoms with van der Waals surface area (Å²) in [6.45, 7) is 2.42. The molecule has 3 N–H and O–H groups in total. The zero-order valence-electron chi connectivity index (χ0n) is 22.9. The molecule has 0 aliphatic heterocycles. The zero-order chi connectivity index (χ0) is 29.0. The van der Waals surface area contributed by atoms with E-state index >= 15 is 0 Å². The summed E-state index contributed by atoms with van der Waals surface area (Å²) in [6, 6.07) is 22.0. The lowest BCUT2D eigenvalue weighted by molar-refractivity contribution is -0.141. The van der Waals surface area contributed by atoms with Crippen LogP contribution in [0.4, 0.5) is 0 Å². The SMILES string of the molecule is CCNS(=O)(=O)c1ccc(CCC(=O)N(Cc2ccc(OC)cc2)C(C(=O)NCCCO)c2ccccc2)cc1. The lowest BCUT2D eigenvalue weighted by Crippen LogP contribution is -2.43. The number of hydrogen-bond donors (Lipinski definition) is 3. The van der Waals surface area contributed by atoms with Crippen molar-refractivity contribution < 1.29 is 27.9 Å². The van der Waals surface area contributed by atoms with E-state index < -0.39 is 16.1 Å². The Morgan fingerprint density at radius 1 is 0.950 bits per heavy atom. The number of aryl methyl sites for hydroxylation is 1. The van der Waals surface area contributed by atoms with Crippen LogP contribution in [0.3, 0.4) is 0 Å². The Morgan fingerprint density at radius 3 is 2.20 bits per heavy atom. The normalized spacial score (nSPS) is 12.0. The minimum absolute atomic E-state index is 0.0562. The van der Waals surface area contributed by atoms with Crippen molar-refractivity contribution >= 4 is 21.8 Å². The second-order valence-electron chi connectivity index (χ2n) is 9.20. The molecule has 0 aromatic heterocycles.